The molecular formula is C19H28N2O3S. The average Bonchev–Trinajstić information content (AvgIpc) is 2.93. The quantitative estimate of drug-likeness (QED) is 0.760. The summed E-state index contributed by atoms with van der Waals surface area (Å²) in [5.41, 5.74) is 1.87. The molecule has 0 bridgehead atoms. The Hall–Kier alpha value is -1.66. The van der Waals surface area contributed by atoms with Gasteiger partial charge >= 0.3 is 0 Å². The fourth-order valence-corrected chi connectivity index (χ4v) is 3.50. The van der Waals surface area contributed by atoms with Crippen LogP contribution in [0.25, 0.3) is 0 Å². The Morgan fingerprint density at radius 2 is 1.80 bits per heavy atom. The van der Waals surface area contributed by atoms with Gasteiger partial charge in [-0.05, 0) is 37.5 Å². The number of nitrogens with zero attached hydrogens (tertiary/aromatic N) is 1. The summed E-state index contributed by atoms with van der Waals surface area (Å²) in [6, 6.07) is 7.00. The average molecular weight is 365 g/mol. The van der Waals surface area contributed by atoms with Crippen LogP contribution in [0.5, 0.6) is 0 Å². The lowest BCUT2D eigenvalue weighted by Crippen LogP contribution is -2.25. The lowest BCUT2D eigenvalue weighted by atomic mass is 9.97. The van der Waals surface area contributed by atoms with Crippen molar-refractivity contribution in [2.75, 3.05) is 6.54 Å². The van der Waals surface area contributed by atoms with E-state index in [2.05, 4.69) is 30.5 Å². The lowest BCUT2D eigenvalue weighted by molar-refractivity contribution is 0.370. The van der Waals surface area contributed by atoms with Crippen LogP contribution in [-0.2, 0) is 28.3 Å². The Kier molecular flexibility index (Phi) is 6.06. The molecule has 0 atom stereocenters. The van der Waals surface area contributed by atoms with E-state index < -0.39 is 10.0 Å². The predicted octanol–water partition coefficient (Wildman–Crippen LogP) is 3.75. The first-order valence-electron chi connectivity index (χ1n) is 8.69. The lowest BCUT2D eigenvalue weighted by Gasteiger charge is -2.12. The molecule has 0 aliphatic carbocycles. The van der Waals surface area contributed by atoms with E-state index in [1.807, 2.05) is 26.0 Å². The number of aryl methyl sites for hydroxylation is 3. The largest absolute Gasteiger partial charge is 0.445 e. The maximum Gasteiger partial charge on any atom is 0.240 e. The van der Waals surface area contributed by atoms with Crippen LogP contribution in [0.2, 0.25) is 0 Å². The van der Waals surface area contributed by atoms with Crippen LogP contribution in [0.15, 0.2) is 33.6 Å². The highest BCUT2D eigenvalue weighted by atomic mass is 32.2. The zero-order valence-electron chi connectivity index (χ0n) is 15.7. The Morgan fingerprint density at radius 1 is 1.16 bits per heavy atom. The first kappa shape index (κ1) is 19.7. The van der Waals surface area contributed by atoms with Crippen molar-refractivity contribution < 1.29 is 12.8 Å². The summed E-state index contributed by atoms with van der Waals surface area (Å²) in [5, 5.41) is 0. The molecule has 0 amide bonds. The van der Waals surface area contributed by atoms with Crippen LogP contribution in [0.3, 0.4) is 0 Å². The standard InChI is InChI=1S/C19H28N2O3S/c1-6-15-9-11-16(12-10-15)25(22,23)20-13-7-8-17-14(2)21-18(24-17)19(3,4)5/h9-12,20H,6-8,13H2,1-5H3. The second-order valence-electron chi connectivity index (χ2n) is 7.28. The molecule has 1 aromatic carbocycles. The van der Waals surface area contributed by atoms with Crippen LogP contribution < -0.4 is 4.72 Å². The highest BCUT2D eigenvalue weighted by molar-refractivity contribution is 7.89. The third-order valence-corrected chi connectivity index (χ3v) is 5.53. The van der Waals surface area contributed by atoms with E-state index in [9.17, 15) is 8.42 Å². The summed E-state index contributed by atoms with van der Waals surface area (Å²) in [4.78, 5) is 4.77. The summed E-state index contributed by atoms with van der Waals surface area (Å²) >= 11 is 0. The van der Waals surface area contributed by atoms with Crippen molar-refractivity contribution in [2.45, 2.75) is 64.2 Å². The van der Waals surface area contributed by atoms with E-state index in [0.29, 0.717) is 24.3 Å². The molecular weight excluding hydrogens is 336 g/mol. The molecule has 0 saturated carbocycles. The molecule has 0 aliphatic heterocycles. The van der Waals surface area contributed by atoms with Gasteiger partial charge in [0.1, 0.15) is 5.76 Å². The third kappa shape index (κ3) is 5.16. The van der Waals surface area contributed by atoms with E-state index in [1.54, 1.807) is 12.1 Å². The molecule has 5 nitrogen and oxygen atoms in total. The smallest absolute Gasteiger partial charge is 0.240 e. The maximum absolute atomic E-state index is 12.3. The Morgan fingerprint density at radius 3 is 2.32 bits per heavy atom. The molecule has 0 unspecified atom stereocenters. The molecule has 138 valence electrons. The van der Waals surface area contributed by atoms with Gasteiger partial charge < -0.3 is 4.42 Å². The third-order valence-electron chi connectivity index (χ3n) is 4.05. The van der Waals surface area contributed by atoms with Crippen molar-refractivity contribution in [1.29, 1.82) is 0 Å². The molecule has 0 saturated heterocycles. The normalized spacial score (nSPS) is 12.5. The second-order valence-corrected chi connectivity index (χ2v) is 9.04. The van der Waals surface area contributed by atoms with E-state index in [4.69, 9.17) is 4.42 Å². The van der Waals surface area contributed by atoms with Gasteiger partial charge in [0.15, 0.2) is 5.89 Å². The van der Waals surface area contributed by atoms with Gasteiger partial charge in [0.2, 0.25) is 10.0 Å². The van der Waals surface area contributed by atoms with Crippen LogP contribution in [0.4, 0.5) is 0 Å². The van der Waals surface area contributed by atoms with Crippen molar-refractivity contribution in [3.05, 3.63) is 47.2 Å². The molecule has 2 aromatic rings. The Bertz CT molecular complexity index is 800. The minimum absolute atomic E-state index is 0.130. The van der Waals surface area contributed by atoms with Crippen LogP contribution >= 0.6 is 0 Å². The number of benzene rings is 1. The van der Waals surface area contributed by atoms with E-state index >= 15 is 0 Å². The molecule has 0 aliphatic rings. The molecule has 6 heteroatoms. The van der Waals surface area contributed by atoms with E-state index in [0.717, 1.165) is 29.3 Å². The number of hydrogen-bond donors (Lipinski definition) is 1. The number of sulfonamides is 1. The van der Waals surface area contributed by atoms with E-state index in [1.165, 1.54) is 0 Å². The van der Waals surface area contributed by atoms with Gasteiger partial charge in [-0.15, -0.1) is 0 Å². The zero-order chi connectivity index (χ0) is 18.7. The first-order valence-corrected chi connectivity index (χ1v) is 10.2. The van der Waals surface area contributed by atoms with Crippen molar-refractivity contribution in [1.82, 2.24) is 9.71 Å². The number of nitrogens with one attached hydrogen (secondary N) is 1. The monoisotopic (exact) mass is 364 g/mol. The second kappa shape index (κ2) is 7.70. The molecule has 1 aromatic heterocycles. The van der Waals surface area contributed by atoms with Crippen molar-refractivity contribution >= 4 is 10.0 Å². The maximum atomic E-state index is 12.3. The Balaban J connectivity index is 1.91. The highest BCUT2D eigenvalue weighted by Crippen LogP contribution is 2.24. The van der Waals surface area contributed by atoms with Crippen LogP contribution in [-0.4, -0.2) is 19.9 Å². The number of oxazole rings is 1. The summed E-state index contributed by atoms with van der Waals surface area (Å²) in [6.45, 7) is 10.5. The molecule has 1 heterocycles. The van der Waals surface area contributed by atoms with Gasteiger partial charge in [0, 0.05) is 18.4 Å². The van der Waals surface area contributed by atoms with Crippen molar-refractivity contribution in [3.63, 3.8) is 0 Å². The molecule has 0 fully saturated rings. The predicted molar refractivity (Wildman–Crippen MR) is 99.3 cm³/mol. The Labute approximate surface area is 150 Å². The van der Waals surface area contributed by atoms with Crippen LogP contribution in [0.1, 0.15) is 57.0 Å². The molecule has 2 rings (SSSR count). The summed E-state index contributed by atoms with van der Waals surface area (Å²) in [7, 11) is -3.46. The van der Waals surface area contributed by atoms with Crippen molar-refractivity contribution in [2.24, 2.45) is 0 Å². The summed E-state index contributed by atoms with van der Waals surface area (Å²) < 4.78 is 33.1. The van der Waals surface area contributed by atoms with Gasteiger partial charge in [-0.1, -0.05) is 39.8 Å². The zero-order valence-corrected chi connectivity index (χ0v) is 16.5. The topological polar surface area (TPSA) is 72.2 Å². The fraction of sp³-hybridized carbons (Fsp3) is 0.526. The summed E-state index contributed by atoms with van der Waals surface area (Å²) in [6.07, 6.45) is 2.21. The van der Waals surface area contributed by atoms with Crippen LogP contribution in [0, 0.1) is 6.92 Å². The summed E-state index contributed by atoms with van der Waals surface area (Å²) in [5.74, 6) is 1.55. The molecule has 25 heavy (non-hydrogen) atoms. The molecule has 1 N–H and O–H groups in total. The first-order chi connectivity index (χ1) is 11.6. The minimum Gasteiger partial charge on any atom is -0.445 e. The highest BCUT2D eigenvalue weighted by Gasteiger charge is 2.22. The van der Waals surface area contributed by atoms with Gasteiger partial charge in [-0.2, -0.15) is 0 Å². The van der Waals surface area contributed by atoms with E-state index in [-0.39, 0.29) is 5.41 Å². The minimum atomic E-state index is -3.46. The van der Waals surface area contributed by atoms with Gasteiger partial charge in [0.05, 0.1) is 10.6 Å². The molecule has 0 spiro atoms. The number of hydrogen-bond acceptors (Lipinski definition) is 4. The van der Waals surface area contributed by atoms with Crippen molar-refractivity contribution in [3.8, 4) is 0 Å². The van der Waals surface area contributed by atoms with Gasteiger partial charge in [0.25, 0.3) is 0 Å². The SMILES string of the molecule is CCc1ccc(S(=O)(=O)NCCCc2oc(C(C)(C)C)nc2C)cc1. The fourth-order valence-electron chi connectivity index (χ4n) is 2.42. The number of aromatic nitrogens is 1. The van der Waals surface area contributed by atoms with Gasteiger partial charge in [-0.25, -0.2) is 18.1 Å². The molecule has 0 radical (unpaired) electrons. The van der Waals surface area contributed by atoms with Gasteiger partial charge in [-0.3, -0.25) is 0 Å². The number of rotatable bonds is 7.